The standard InChI is InChI=1S/C9H14N4O2/c1-3-13(5-7(10)14)8-4-9(15)12-6(2)11-8/h4H,3,5H2,1-2H3,(H2,10,14)(H,11,12,15). The zero-order chi connectivity index (χ0) is 11.4. The molecule has 15 heavy (non-hydrogen) atoms. The molecule has 0 aromatic carbocycles. The van der Waals surface area contributed by atoms with Crippen molar-refractivity contribution in [1.29, 1.82) is 0 Å². The van der Waals surface area contributed by atoms with Gasteiger partial charge in [-0.3, -0.25) is 9.59 Å². The number of anilines is 1. The lowest BCUT2D eigenvalue weighted by Gasteiger charge is -2.19. The van der Waals surface area contributed by atoms with Crippen LogP contribution in [0.1, 0.15) is 12.7 Å². The first-order valence-corrected chi connectivity index (χ1v) is 4.64. The SMILES string of the molecule is CCN(CC(N)=O)c1cc(=O)[nH]c(C)n1. The van der Waals surface area contributed by atoms with Crippen molar-refractivity contribution in [1.82, 2.24) is 9.97 Å². The van der Waals surface area contributed by atoms with Crippen molar-refractivity contribution < 1.29 is 4.79 Å². The monoisotopic (exact) mass is 210 g/mol. The van der Waals surface area contributed by atoms with Gasteiger partial charge in [0, 0.05) is 12.6 Å². The lowest BCUT2D eigenvalue weighted by Crippen LogP contribution is -2.35. The number of nitrogens with zero attached hydrogens (tertiary/aromatic N) is 2. The number of rotatable bonds is 4. The molecule has 0 bridgehead atoms. The van der Waals surface area contributed by atoms with Crippen molar-refractivity contribution in [3.63, 3.8) is 0 Å². The highest BCUT2D eigenvalue weighted by Gasteiger charge is 2.09. The Morgan fingerprint density at radius 1 is 1.67 bits per heavy atom. The minimum atomic E-state index is -0.448. The first kappa shape index (κ1) is 11.2. The molecule has 1 amide bonds. The molecule has 0 aliphatic rings. The number of H-pyrrole nitrogens is 1. The van der Waals surface area contributed by atoms with Crippen molar-refractivity contribution in [3.05, 3.63) is 22.2 Å². The molecule has 1 heterocycles. The Morgan fingerprint density at radius 2 is 2.33 bits per heavy atom. The molecule has 0 atom stereocenters. The van der Waals surface area contributed by atoms with E-state index in [9.17, 15) is 9.59 Å². The zero-order valence-electron chi connectivity index (χ0n) is 8.78. The molecule has 0 saturated carbocycles. The molecule has 0 saturated heterocycles. The number of aromatic nitrogens is 2. The lowest BCUT2D eigenvalue weighted by molar-refractivity contribution is -0.116. The van der Waals surface area contributed by atoms with Crippen LogP contribution in [0.5, 0.6) is 0 Å². The third-order valence-electron chi connectivity index (χ3n) is 1.90. The number of likely N-dealkylation sites (N-methyl/N-ethyl adjacent to an activating group) is 1. The summed E-state index contributed by atoms with van der Waals surface area (Å²) >= 11 is 0. The number of primary amides is 1. The van der Waals surface area contributed by atoms with Gasteiger partial charge < -0.3 is 15.6 Å². The molecule has 82 valence electrons. The number of carbonyl (C=O) groups is 1. The third-order valence-corrected chi connectivity index (χ3v) is 1.90. The second-order valence-corrected chi connectivity index (χ2v) is 3.17. The van der Waals surface area contributed by atoms with Gasteiger partial charge in [-0.2, -0.15) is 0 Å². The Hall–Kier alpha value is -1.85. The Labute approximate surface area is 87.1 Å². The number of aryl methyl sites for hydroxylation is 1. The average molecular weight is 210 g/mol. The van der Waals surface area contributed by atoms with Crippen LogP contribution in [0.15, 0.2) is 10.9 Å². The highest BCUT2D eigenvalue weighted by molar-refractivity contribution is 5.79. The van der Waals surface area contributed by atoms with E-state index in [0.29, 0.717) is 18.2 Å². The summed E-state index contributed by atoms with van der Waals surface area (Å²) in [5.41, 5.74) is 4.85. The minimum Gasteiger partial charge on any atom is -0.368 e. The molecular weight excluding hydrogens is 196 g/mol. The molecule has 3 N–H and O–H groups in total. The fourth-order valence-electron chi connectivity index (χ4n) is 1.27. The van der Waals surface area contributed by atoms with E-state index in [0.717, 1.165) is 0 Å². The zero-order valence-corrected chi connectivity index (χ0v) is 8.78. The van der Waals surface area contributed by atoms with E-state index >= 15 is 0 Å². The highest BCUT2D eigenvalue weighted by Crippen LogP contribution is 2.06. The number of carbonyl (C=O) groups excluding carboxylic acids is 1. The summed E-state index contributed by atoms with van der Waals surface area (Å²) in [6, 6.07) is 1.35. The summed E-state index contributed by atoms with van der Waals surface area (Å²) in [5, 5.41) is 0. The van der Waals surface area contributed by atoms with Gasteiger partial charge in [0.25, 0.3) is 5.56 Å². The molecule has 0 unspecified atom stereocenters. The van der Waals surface area contributed by atoms with Crippen molar-refractivity contribution >= 4 is 11.7 Å². The van der Waals surface area contributed by atoms with Crippen LogP contribution in [-0.4, -0.2) is 29.0 Å². The molecule has 0 aliphatic carbocycles. The van der Waals surface area contributed by atoms with Gasteiger partial charge in [0.05, 0.1) is 6.54 Å². The smallest absolute Gasteiger partial charge is 0.252 e. The molecule has 6 heteroatoms. The minimum absolute atomic E-state index is 0.0619. The van der Waals surface area contributed by atoms with Gasteiger partial charge in [-0.25, -0.2) is 4.98 Å². The van der Waals surface area contributed by atoms with Gasteiger partial charge in [-0.1, -0.05) is 0 Å². The van der Waals surface area contributed by atoms with Gasteiger partial charge in [-0.15, -0.1) is 0 Å². The fourth-order valence-corrected chi connectivity index (χ4v) is 1.27. The van der Waals surface area contributed by atoms with E-state index in [1.54, 1.807) is 11.8 Å². The number of hydrogen-bond acceptors (Lipinski definition) is 4. The van der Waals surface area contributed by atoms with Crippen LogP contribution in [0.25, 0.3) is 0 Å². The number of nitrogens with one attached hydrogen (secondary N) is 1. The van der Waals surface area contributed by atoms with E-state index in [1.807, 2.05) is 6.92 Å². The average Bonchev–Trinajstić information content (AvgIpc) is 2.12. The Kier molecular flexibility index (Phi) is 3.43. The topological polar surface area (TPSA) is 92.1 Å². The van der Waals surface area contributed by atoms with Crippen LogP contribution in [-0.2, 0) is 4.79 Å². The Balaban J connectivity index is 3.01. The van der Waals surface area contributed by atoms with E-state index in [2.05, 4.69) is 9.97 Å². The molecule has 1 rings (SSSR count). The van der Waals surface area contributed by atoms with Crippen LogP contribution in [0.2, 0.25) is 0 Å². The van der Waals surface area contributed by atoms with Gasteiger partial charge >= 0.3 is 0 Å². The Bertz CT molecular complexity index is 413. The highest BCUT2D eigenvalue weighted by atomic mass is 16.1. The quantitative estimate of drug-likeness (QED) is 0.693. The largest absolute Gasteiger partial charge is 0.368 e. The van der Waals surface area contributed by atoms with Crippen LogP contribution >= 0.6 is 0 Å². The molecule has 0 spiro atoms. The van der Waals surface area contributed by atoms with Crippen LogP contribution in [0, 0.1) is 6.92 Å². The van der Waals surface area contributed by atoms with Gasteiger partial charge in [-0.05, 0) is 13.8 Å². The first-order valence-electron chi connectivity index (χ1n) is 4.64. The van der Waals surface area contributed by atoms with Gasteiger partial charge in [0.15, 0.2) is 0 Å². The summed E-state index contributed by atoms with van der Waals surface area (Å²) in [4.78, 5) is 30.3. The molecule has 6 nitrogen and oxygen atoms in total. The molecule has 0 aliphatic heterocycles. The summed E-state index contributed by atoms with van der Waals surface area (Å²) in [6.45, 7) is 4.18. The van der Waals surface area contributed by atoms with E-state index in [4.69, 9.17) is 5.73 Å². The maximum Gasteiger partial charge on any atom is 0.252 e. The normalized spacial score (nSPS) is 10.0. The third kappa shape index (κ3) is 3.08. The summed E-state index contributed by atoms with van der Waals surface area (Å²) < 4.78 is 0. The maximum atomic E-state index is 11.2. The van der Waals surface area contributed by atoms with E-state index in [-0.39, 0.29) is 12.1 Å². The second-order valence-electron chi connectivity index (χ2n) is 3.17. The molecule has 1 aromatic rings. The van der Waals surface area contributed by atoms with E-state index in [1.165, 1.54) is 6.07 Å². The molecule has 0 radical (unpaired) electrons. The number of amides is 1. The predicted octanol–water partition coefficient (Wildman–Crippen LogP) is -0.610. The number of nitrogens with two attached hydrogens (primary N) is 1. The Morgan fingerprint density at radius 3 is 2.80 bits per heavy atom. The predicted molar refractivity (Wildman–Crippen MR) is 56.7 cm³/mol. The second kappa shape index (κ2) is 4.59. The van der Waals surface area contributed by atoms with Gasteiger partial charge in [0.2, 0.25) is 5.91 Å². The first-order chi connectivity index (χ1) is 7.02. The lowest BCUT2D eigenvalue weighted by atomic mass is 10.4. The molecule has 0 fully saturated rings. The summed E-state index contributed by atoms with van der Waals surface area (Å²) in [7, 11) is 0. The van der Waals surface area contributed by atoms with Crippen LogP contribution < -0.4 is 16.2 Å². The van der Waals surface area contributed by atoms with Crippen molar-refractivity contribution in [2.75, 3.05) is 18.0 Å². The maximum absolute atomic E-state index is 11.2. The number of hydrogen-bond donors (Lipinski definition) is 2. The van der Waals surface area contributed by atoms with Crippen molar-refractivity contribution in [2.45, 2.75) is 13.8 Å². The van der Waals surface area contributed by atoms with Crippen LogP contribution in [0.3, 0.4) is 0 Å². The fraction of sp³-hybridized carbons (Fsp3) is 0.444. The van der Waals surface area contributed by atoms with Gasteiger partial charge in [0.1, 0.15) is 11.6 Å². The summed E-state index contributed by atoms with van der Waals surface area (Å²) in [6.07, 6.45) is 0. The molecule has 1 aromatic heterocycles. The van der Waals surface area contributed by atoms with E-state index < -0.39 is 5.91 Å². The van der Waals surface area contributed by atoms with Crippen molar-refractivity contribution in [2.24, 2.45) is 5.73 Å². The number of aromatic amines is 1. The van der Waals surface area contributed by atoms with Crippen molar-refractivity contribution in [3.8, 4) is 0 Å². The molecular formula is C9H14N4O2. The van der Waals surface area contributed by atoms with Crippen LogP contribution in [0.4, 0.5) is 5.82 Å². The summed E-state index contributed by atoms with van der Waals surface area (Å²) in [5.74, 6) is 0.537.